The van der Waals surface area contributed by atoms with Crippen molar-refractivity contribution >= 4 is 0 Å². The zero-order chi connectivity index (χ0) is 19.5. The van der Waals surface area contributed by atoms with E-state index >= 15 is 0 Å². The van der Waals surface area contributed by atoms with Crippen LogP contribution < -0.4 is 14.9 Å². The first kappa shape index (κ1) is 16.9. The van der Waals surface area contributed by atoms with Crippen LogP contribution in [0.25, 0.3) is 22.4 Å². The summed E-state index contributed by atoms with van der Waals surface area (Å²) in [6.45, 7) is 0.0859. The molecule has 0 saturated carbocycles. The second-order valence-electron chi connectivity index (χ2n) is 6.54. The van der Waals surface area contributed by atoms with Crippen LogP contribution in [0.3, 0.4) is 0 Å². The first-order valence-corrected chi connectivity index (χ1v) is 8.53. The van der Waals surface area contributed by atoms with Crippen LogP contribution in [0.15, 0.2) is 45.9 Å². The largest absolute Gasteiger partial charge is 0.468 e. The molecule has 28 heavy (non-hydrogen) atoms. The SMILES string of the molecule is O=c1c(-c2ncccc2C(F)(F)F)coc2c1-c1cc3c(cc1CC2)OCO3. The van der Waals surface area contributed by atoms with E-state index in [1.807, 2.05) is 0 Å². The first-order chi connectivity index (χ1) is 13.4. The van der Waals surface area contributed by atoms with Gasteiger partial charge in [0.1, 0.15) is 12.0 Å². The monoisotopic (exact) mass is 387 g/mol. The number of hydrogen-bond acceptors (Lipinski definition) is 5. The fourth-order valence-electron chi connectivity index (χ4n) is 3.64. The van der Waals surface area contributed by atoms with E-state index in [2.05, 4.69) is 4.98 Å². The Labute approximate surface area is 156 Å². The van der Waals surface area contributed by atoms with E-state index in [0.717, 1.165) is 17.9 Å². The highest BCUT2D eigenvalue weighted by Crippen LogP contribution is 2.42. The van der Waals surface area contributed by atoms with Crippen LogP contribution in [0.4, 0.5) is 13.2 Å². The third kappa shape index (κ3) is 2.48. The lowest BCUT2D eigenvalue weighted by atomic mass is 9.87. The lowest BCUT2D eigenvalue weighted by Crippen LogP contribution is -2.18. The highest BCUT2D eigenvalue weighted by atomic mass is 19.4. The molecule has 1 aromatic carbocycles. The van der Waals surface area contributed by atoms with Crippen LogP contribution in [0, 0.1) is 0 Å². The summed E-state index contributed by atoms with van der Waals surface area (Å²) in [7, 11) is 0. The number of nitrogens with zero attached hydrogens (tertiary/aromatic N) is 1. The van der Waals surface area contributed by atoms with Crippen LogP contribution in [0.2, 0.25) is 0 Å². The second kappa shape index (κ2) is 5.85. The van der Waals surface area contributed by atoms with Gasteiger partial charge in [0.25, 0.3) is 0 Å². The zero-order valence-corrected chi connectivity index (χ0v) is 14.3. The number of pyridine rings is 1. The van der Waals surface area contributed by atoms with E-state index in [9.17, 15) is 18.0 Å². The number of ether oxygens (including phenoxy) is 2. The Morgan fingerprint density at radius 2 is 1.82 bits per heavy atom. The third-order valence-corrected chi connectivity index (χ3v) is 4.93. The highest BCUT2D eigenvalue weighted by molar-refractivity contribution is 5.78. The summed E-state index contributed by atoms with van der Waals surface area (Å²) < 4.78 is 56.5. The van der Waals surface area contributed by atoms with E-state index in [4.69, 9.17) is 13.9 Å². The van der Waals surface area contributed by atoms with Crippen molar-refractivity contribution in [2.45, 2.75) is 19.0 Å². The molecule has 0 atom stereocenters. The van der Waals surface area contributed by atoms with Gasteiger partial charge in [0.05, 0.1) is 22.4 Å². The topological polar surface area (TPSA) is 61.6 Å². The minimum absolute atomic E-state index is 0.0859. The molecule has 2 aromatic heterocycles. The van der Waals surface area contributed by atoms with Gasteiger partial charge in [-0.25, -0.2) is 0 Å². The summed E-state index contributed by atoms with van der Waals surface area (Å²) in [6, 6.07) is 5.56. The molecule has 2 aliphatic rings. The molecule has 8 heteroatoms. The number of aryl methyl sites for hydroxylation is 2. The predicted octanol–water partition coefficient (Wildman–Crippen LogP) is 4.21. The Morgan fingerprint density at radius 1 is 1.04 bits per heavy atom. The van der Waals surface area contributed by atoms with E-state index in [0.29, 0.717) is 35.7 Å². The van der Waals surface area contributed by atoms with Gasteiger partial charge in [-0.1, -0.05) is 0 Å². The summed E-state index contributed by atoms with van der Waals surface area (Å²) in [6.07, 6.45) is -1.27. The van der Waals surface area contributed by atoms with Crippen LogP contribution in [0.1, 0.15) is 16.9 Å². The molecule has 0 bridgehead atoms. The molecule has 0 spiro atoms. The van der Waals surface area contributed by atoms with Crippen molar-refractivity contribution in [2.75, 3.05) is 6.79 Å². The maximum atomic E-state index is 13.4. The molecule has 0 saturated heterocycles. The maximum absolute atomic E-state index is 13.4. The number of rotatable bonds is 1. The third-order valence-electron chi connectivity index (χ3n) is 4.93. The zero-order valence-electron chi connectivity index (χ0n) is 14.3. The second-order valence-corrected chi connectivity index (χ2v) is 6.54. The average molecular weight is 387 g/mol. The Balaban J connectivity index is 1.75. The lowest BCUT2D eigenvalue weighted by Gasteiger charge is -2.19. The summed E-state index contributed by atoms with van der Waals surface area (Å²) in [5.74, 6) is 1.52. The minimum atomic E-state index is -4.64. The number of alkyl halides is 3. The maximum Gasteiger partial charge on any atom is 0.418 e. The van der Waals surface area contributed by atoms with Crippen LogP contribution in [-0.2, 0) is 19.0 Å². The Hall–Kier alpha value is -3.29. The number of fused-ring (bicyclic) bond motifs is 4. The van der Waals surface area contributed by atoms with Gasteiger partial charge in [-0.3, -0.25) is 9.78 Å². The van der Waals surface area contributed by atoms with Crippen molar-refractivity contribution in [2.24, 2.45) is 0 Å². The summed E-state index contributed by atoms with van der Waals surface area (Å²) in [5.41, 5.74) is -0.509. The summed E-state index contributed by atoms with van der Waals surface area (Å²) >= 11 is 0. The molecule has 0 radical (unpaired) electrons. The number of halogens is 3. The fraction of sp³-hybridized carbons (Fsp3) is 0.200. The van der Waals surface area contributed by atoms with Gasteiger partial charge in [0, 0.05) is 12.6 Å². The van der Waals surface area contributed by atoms with Gasteiger partial charge < -0.3 is 13.9 Å². The molecule has 0 N–H and O–H groups in total. The molecule has 1 aliphatic carbocycles. The van der Waals surface area contributed by atoms with Crippen LogP contribution in [-0.4, -0.2) is 11.8 Å². The van der Waals surface area contributed by atoms with Crippen LogP contribution in [0.5, 0.6) is 11.5 Å². The highest BCUT2D eigenvalue weighted by Gasteiger charge is 2.36. The van der Waals surface area contributed by atoms with Crippen molar-refractivity contribution < 1.29 is 27.1 Å². The smallest absolute Gasteiger partial charge is 0.418 e. The van der Waals surface area contributed by atoms with Crippen molar-refractivity contribution in [3.8, 4) is 33.9 Å². The molecule has 0 fully saturated rings. The molecule has 5 nitrogen and oxygen atoms in total. The van der Waals surface area contributed by atoms with E-state index in [1.165, 1.54) is 12.3 Å². The number of hydrogen-bond donors (Lipinski definition) is 0. The van der Waals surface area contributed by atoms with Crippen molar-refractivity contribution in [3.05, 3.63) is 63.8 Å². The van der Waals surface area contributed by atoms with Gasteiger partial charge in [-0.05, 0) is 41.8 Å². The van der Waals surface area contributed by atoms with Gasteiger partial charge in [0.15, 0.2) is 11.5 Å². The van der Waals surface area contributed by atoms with Crippen molar-refractivity contribution in [3.63, 3.8) is 0 Å². The predicted molar refractivity (Wildman–Crippen MR) is 92.2 cm³/mol. The van der Waals surface area contributed by atoms with Gasteiger partial charge in [-0.15, -0.1) is 0 Å². The molecule has 1 aliphatic heterocycles. The van der Waals surface area contributed by atoms with Gasteiger partial charge in [0.2, 0.25) is 12.2 Å². The Morgan fingerprint density at radius 3 is 2.61 bits per heavy atom. The van der Waals surface area contributed by atoms with Crippen molar-refractivity contribution in [1.29, 1.82) is 0 Å². The summed E-state index contributed by atoms with van der Waals surface area (Å²) in [4.78, 5) is 17.0. The van der Waals surface area contributed by atoms with Crippen LogP contribution >= 0.6 is 0 Å². The van der Waals surface area contributed by atoms with E-state index < -0.39 is 22.9 Å². The molecular formula is C20H12F3NO4. The van der Waals surface area contributed by atoms with E-state index in [-0.39, 0.29) is 17.9 Å². The standard InChI is InChI=1S/C20H12F3NO4/c21-20(22,23)13-2-1-5-24-18(13)12-8-26-14-4-3-10-6-15-16(28-9-27-15)7-11(10)17(14)19(12)25/h1-2,5-8H,3-4,9H2. The molecule has 3 heterocycles. The Bertz CT molecular complexity index is 1170. The van der Waals surface area contributed by atoms with Crippen molar-refractivity contribution in [1.82, 2.24) is 4.98 Å². The molecule has 0 amide bonds. The molecule has 142 valence electrons. The molecular weight excluding hydrogens is 375 g/mol. The van der Waals surface area contributed by atoms with Gasteiger partial charge in [-0.2, -0.15) is 13.2 Å². The quantitative estimate of drug-likeness (QED) is 0.626. The number of aromatic nitrogens is 1. The molecule has 3 aromatic rings. The molecule has 5 rings (SSSR count). The Kier molecular flexibility index (Phi) is 3.52. The average Bonchev–Trinajstić information content (AvgIpc) is 3.13. The normalized spacial score (nSPS) is 14.5. The fourth-order valence-corrected chi connectivity index (χ4v) is 3.64. The molecule has 0 unspecified atom stereocenters. The number of benzene rings is 1. The first-order valence-electron chi connectivity index (χ1n) is 8.53. The van der Waals surface area contributed by atoms with Gasteiger partial charge >= 0.3 is 6.18 Å². The summed E-state index contributed by atoms with van der Waals surface area (Å²) in [5, 5.41) is 0. The lowest BCUT2D eigenvalue weighted by molar-refractivity contribution is -0.137. The van der Waals surface area contributed by atoms with E-state index in [1.54, 1.807) is 12.1 Å². The minimum Gasteiger partial charge on any atom is -0.468 e.